The molecule has 0 saturated heterocycles. The molecule has 5 aromatic heterocycles. The number of hydrogen-bond donors (Lipinski definition) is 0. The third-order valence-corrected chi connectivity index (χ3v) is 11.0. The van der Waals surface area contributed by atoms with Crippen molar-refractivity contribution in [3.8, 4) is 23.1 Å². The number of para-hydroxylation sites is 1. The van der Waals surface area contributed by atoms with Crippen LogP contribution in [0.5, 0.6) is 11.5 Å². The fourth-order valence-corrected chi connectivity index (χ4v) is 8.59. The number of nitrogens with zero attached hydrogens (tertiary/aromatic N) is 4. The first kappa shape index (κ1) is 29.0. The maximum absolute atomic E-state index is 6.72. The lowest BCUT2D eigenvalue weighted by atomic mass is 9.88. The third-order valence-electron chi connectivity index (χ3n) is 9.84. The van der Waals surface area contributed by atoms with Gasteiger partial charge in [0.15, 0.2) is 0 Å². The van der Waals surface area contributed by atoms with Crippen molar-refractivity contribution in [2.75, 3.05) is 0 Å². The molecule has 0 saturated carbocycles. The third kappa shape index (κ3) is 4.38. The maximum atomic E-state index is 6.72. The van der Waals surface area contributed by atoms with E-state index in [2.05, 4.69) is 139 Å². The van der Waals surface area contributed by atoms with E-state index in [0.717, 1.165) is 45.1 Å². The molecule has 5 heterocycles. The zero-order valence-corrected chi connectivity index (χ0v) is 28.7. The summed E-state index contributed by atoms with van der Waals surface area (Å²) >= 11 is 1.84. The fraction of sp³-hybridized carbons (Fsp3) is 0.0909. The number of thiophene rings is 1. The van der Waals surface area contributed by atoms with E-state index in [1.165, 1.54) is 47.4 Å². The Morgan fingerprint density at radius 2 is 1.18 bits per heavy atom. The largest absolute Gasteiger partial charge is 0.457 e. The molecule has 0 aliphatic rings. The zero-order chi connectivity index (χ0) is 33.6. The van der Waals surface area contributed by atoms with Crippen molar-refractivity contribution in [2.24, 2.45) is 0 Å². The van der Waals surface area contributed by atoms with Gasteiger partial charge in [-0.15, -0.1) is 11.3 Å². The summed E-state index contributed by atoms with van der Waals surface area (Å²) < 4.78 is 13.8. The van der Waals surface area contributed by atoms with Gasteiger partial charge in [0.1, 0.15) is 23.1 Å². The molecular weight excluding hydrogens is 633 g/mol. The molecule has 0 amide bonds. The zero-order valence-electron chi connectivity index (χ0n) is 27.9. The average molecular weight is 665 g/mol. The van der Waals surface area contributed by atoms with Gasteiger partial charge < -0.3 is 4.74 Å². The molecule has 6 heteroatoms. The van der Waals surface area contributed by atoms with Crippen molar-refractivity contribution in [3.63, 3.8) is 0 Å². The molecule has 0 bridgehead atoms. The summed E-state index contributed by atoms with van der Waals surface area (Å²) in [5, 5.41) is 7.23. The molecule has 0 fully saturated rings. The molecular formula is C44H32N4OS. The molecule has 0 unspecified atom stereocenters. The lowest BCUT2D eigenvalue weighted by Gasteiger charge is -2.20. The molecule has 0 N–H and O–H groups in total. The fourth-order valence-electron chi connectivity index (χ4n) is 7.48. The molecule has 5 aromatic carbocycles. The van der Waals surface area contributed by atoms with Crippen LogP contribution in [-0.2, 0) is 5.41 Å². The summed E-state index contributed by atoms with van der Waals surface area (Å²) in [5.74, 6) is 3.30. The Labute approximate surface area is 292 Å². The first-order valence-corrected chi connectivity index (χ1v) is 17.7. The van der Waals surface area contributed by atoms with Crippen molar-refractivity contribution in [1.82, 2.24) is 19.1 Å². The van der Waals surface area contributed by atoms with Gasteiger partial charge in [0.25, 0.3) is 0 Å². The highest BCUT2D eigenvalue weighted by molar-refractivity contribution is 7.26. The number of ether oxygens (including phenoxy) is 1. The number of hydrogen-bond acceptors (Lipinski definition) is 4. The molecule has 5 nitrogen and oxygen atoms in total. The van der Waals surface area contributed by atoms with Crippen LogP contribution in [0, 0.1) is 0 Å². The number of pyridine rings is 2. The Kier molecular flexibility index (Phi) is 6.24. The van der Waals surface area contributed by atoms with E-state index in [4.69, 9.17) is 14.7 Å². The average Bonchev–Trinajstić information content (AvgIpc) is 3.79. The van der Waals surface area contributed by atoms with E-state index in [9.17, 15) is 0 Å². The van der Waals surface area contributed by atoms with Gasteiger partial charge >= 0.3 is 0 Å². The second kappa shape index (κ2) is 10.8. The second-order valence-corrected chi connectivity index (χ2v) is 15.0. The predicted octanol–water partition coefficient (Wildman–Crippen LogP) is 12.1. The Morgan fingerprint density at radius 1 is 0.520 bits per heavy atom. The molecule has 0 atom stereocenters. The van der Waals surface area contributed by atoms with Crippen LogP contribution in [0.15, 0.2) is 140 Å². The smallest absolute Gasteiger partial charge is 0.137 e. The van der Waals surface area contributed by atoms with Crippen molar-refractivity contribution in [3.05, 3.63) is 145 Å². The van der Waals surface area contributed by atoms with Crippen LogP contribution in [0.25, 0.3) is 75.4 Å². The van der Waals surface area contributed by atoms with Gasteiger partial charge in [0, 0.05) is 66.2 Å². The Bertz CT molecular complexity index is 2940. The van der Waals surface area contributed by atoms with Gasteiger partial charge in [0.05, 0.1) is 22.1 Å². The summed E-state index contributed by atoms with van der Waals surface area (Å²) in [6, 6.07) is 44.9. The first-order valence-electron chi connectivity index (χ1n) is 16.9. The van der Waals surface area contributed by atoms with Crippen LogP contribution >= 0.6 is 11.3 Å². The van der Waals surface area contributed by atoms with E-state index < -0.39 is 0 Å². The molecule has 0 aliphatic heterocycles. The van der Waals surface area contributed by atoms with Crippen LogP contribution in [0.4, 0.5) is 0 Å². The van der Waals surface area contributed by atoms with E-state index >= 15 is 0 Å². The van der Waals surface area contributed by atoms with Crippen molar-refractivity contribution in [2.45, 2.75) is 26.2 Å². The minimum atomic E-state index is -0.0223. The summed E-state index contributed by atoms with van der Waals surface area (Å²) in [5.41, 5.74) is 5.61. The lowest BCUT2D eigenvalue weighted by Crippen LogP contribution is -2.12. The number of aromatic nitrogens is 4. The van der Waals surface area contributed by atoms with Gasteiger partial charge in [-0.25, -0.2) is 9.97 Å². The Hall–Kier alpha value is -5.98. The maximum Gasteiger partial charge on any atom is 0.137 e. The van der Waals surface area contributed by atoms with E-state index in [0.29, 0.717) is 0 Å². The van der Waals surface area contributed by atoms with Gasteiger partial charge in [-0.1, -0.05) is 69.3 Å². The topological polar surface area (TPSA) is 44.9 Å². The van der Waals surface area contributed by atoms with Gasteiger partial charge in [0.2, 0.25) is 0 Å². The molecule has 50 heavy (non-hydrogen) atoms. The number of benzene rings is 5. The normalized spacial score (nSPS) is 12.3. The Morgan fingerprint density at radius 3 is 1.96 bits per heavy atom. The highest BCUT2D eigenvalue weighted by Gasteiger charge is 2.22. The molecule has 0 aliphatic carbocycles. The quantitative estimate of drug-likeness (QED) is 0.188. The number of rotatable bonds is 4. The monoisotopic (exact) mass is 664 g/mol. The Balaban J connectivity index is 1.20. The van der Waals surface area contributed by atoms with Gasteiger partial charge in [-0.05, 0) is 77.7 Å². The van der Waals surface area contributed by atoms with Gasteiger partial charge in [-0.3, -0.25) is 9.13 Å². The number of fused-ring (bicyclic) bond motifs is 10. The van der Waals surface area contributed by atoms with E-state index in [1.54, 1.807) is 0 Å². The van der Waals surface area contributed by atoms with Crippen LogP contribution in [0.3, 0.4) is 0 Å². The van der Waals surface area contributed by atoms with Crippen molar-refractivity contribution < 1.29 is 4.74 Å². The standard InChI is InChI=1S/C44H32N4OS/c1-44(2,3)27-21-23-46-41(24-27)48-37-26-29(16-18-32(37)33-19-20-39-42(43(33)48)34-11-5-7-13-38(34)50-39)49-28-15-17-31-30-10-4-6-12-35(30)47(36(31)25-28)40-14-8-9-22-45-40/h4-26H,1-3H3. The summed E-state index contributed by atoms with van der Waals surface area (Å²) in [7, 11) is 0. The van der Waals surface area contributed by atoms with E-state index in [1.807, 2.05) is 41.9 Å². The predicted molar refractivity (Wildman–Crippen MR) is 209 cm³/mol. The SMILES string of the molecule is CC(C)(C)c1ccnc(-n2c3cc(Oc4ccc5c6ccccc6n(-c6ccccn6)c5c4)ccc3c3ccc4sc5ccccc5c4c32)c1. The highest BCUT2D eigenvalue weighted by Crippen LogP contribution is 2.44. The van der Waals surface area contributed by atoms with E-state index in [-0.39, 0.29) is 5.41 Å². The van der Waals surface area contributed by atoms with Crippen molar-refractivity contribution >= 4 is 75.1 Å². The summed E-state index contributed by atoms with van der Waals surface area (Å²) in [4.78, 5) is 9.69. The molecule has 240 valence electrons. The molecule has 10 aromatic rings. The van der Waals surface area contributed by atoms with Crippen LogP contribution < -0.4 is 4.74 Å². The minimum absolute atomic E-state index is 0.0223. The lowest BCUT2D eigenvalue weighted by molar-refractivity contribution is 0.484. The summed E-state index contributed by atoms with van der Waals surface area (Å²) in [6.45, 7) is 6.75. The van der Waals surface area contributed by atoms with Crippen LogP contribution in [0.1, 0.15) is 26.3 Å². The summed E-state index contributed by atoms with van der Waals surface area (Å²) in [6.07, 6.45) is 3.78. The van der Waals surface area contributed by atoms with Crippen LogP contribution in [-0.4, -0.2) is 19.1 Å². The second-order valence-electron chi connectivity index (χ2n) is 13.9. The van der Waals surface area contributed by atoms with Gasteiger partial charge in [-0.2, -0.15) is 0 Å². The van der Waals surface area contributed by atoms with Crippen LogP contribution in [0.2, 0.25) is 0 Å². The first-order chi connectivity index (χ1) is 24.4. The minimum Gasteiger partial charge on any atom is -0.457 e. The van der Waals surface area contributed by atoms with Crippen molar-refractivity contribution in [1.29, 1.82) is 0 Å². The highest BCUT2D eigenvalue weighted by atomic mass is 32.1. The molecule has 0 spiro atoms. The molecule has 0 radical (unpaired) electrons. The molecule has 10 rings (SSSR count).